The number of hydrogen-bond acceptors (Lipinski definition) is 5. The number of thiazole rings is 1. The largest absolute Gasteiger partial charge is 0.302 e. The Bertz CT molecular complexity index is 868. The van der Waals surface area contributed by atoms with Crippen molar-refractivity contribution in [2.24, 2.45) is 5.92 Å². The van der Waals surface area contributed by atoms with Crippen LogP contribution in [0.2, 0.25) is 0 Å². The molecule has 1 fully saturated rings. The van der Waals surface area contributed by atoms with Crippen molar-refractivity contribution in [1.29, 1.82) is 0 Å². The van der Waals surface area contributed by atoms with Crippen molar-refractivity contribution < 1.29 is 13.2 Å². The third-order valence-electron chi connectivity index (χ3n) is 4.58. The molecule has 1 saturated carbocycles. The number of carbonyl (C=O) groups is 1. The fourth-order valence-corrected chi connectivity index (χ4v) is 5.08. The molecule has 0 aliphatic heterocycles. The van der Waals surface area contributed by atoms with Gasteiger partial charge in [0.25, 0.3) is 0 Å². The summed E-state index contributed by atoms with van der Waals surface area (Å²) in [5.41, 5.74) is 0.690. The number of carbonyl (C=O) groups excluding carboxylic acids is 1. The van der Waals surface area contributed by atoms with E-state index in [0.29, 0.717) is 23.0 Å². The van der Waals surface area contributed by atoms with E-state index in [-0.39, 0.29) is 10.8 Å². The fourth-order valence-electron chi connectivity index (χ4n) is 3.15. The molecule has 1 aromatic carbocycles. The molecule has 136 valence electrons. The van der Waals surface area contributed by atoms with Gasteiger partial charge < -0.3 is 5.32 Å². The van der Waals surface area contributed by atoms with Crippen LogP contribution in [-0.4, -0.2) is 37.7 Å². The normalized spacial score (nSPS) is 16.4. The van der Waals surface area contributed by atoms with Gasteiger partial charge in [-0.25, -0.2) is 17.7 Å². The predicted octanol–water partition coefficient (Wildman–Crippen LogP) is 3.46. The molecule has 3 rings (SSSR count). The third-order valence-corrected chi connectivity index (χ3v) is 7.33. The molecule has 1 aliphatic rings. The number of amides is 1. The SMILES string of the molecule is CN(C)S(=O)(=O)c1ccc2nc(NC(=O)CC3CCCCC3)sc2c1. The molecule has 6 nitrogen and oxygen atoms in total. The lowest BCUT2D eigenvalue weighted by Crippen LogP contribution is -2.22. The molecule has 1 amide bonds. The van der Waals surface area contributed by atoms with Gasteiger partial charge in [0.05, 0.1) is 15.1 Å². The summed E-state index contributed by atoms with van der Waals surface area (Å²) < 4.78 is 26.4. The van der Waals surface area contributed by atoms with E-state index < -0.39 is 10.0 Å². The Morgan fingerprint density at radius 3 is 2.68 bits per heavy atom. The lowest BCUT2D eigenvalue weighted by molar-refractivity contribution is -0.117. The Hall–Kier alpha value is -1.51. The Kier molecular flexibility index (Phi) is 5.41. The Balaban J connectivity index is 1.74. The molecule has 1 N–H and O–H groups in total. The standard InChI is InChI=1S/C17H23N3O3S2/c1-20(2)25(22,23)13-8-9-14-15(11-13)24-17(18-14)19-16(21)10-12-6-4-3-5-7-12/h8-9,11-12H,3-7,10H2,1-2H3,(H,18,19,21). The molecule has 1 aromatic heterocycles. The minimum absolute atomic E-state index is 0.00732. The zero-order valence-corrected chi connectivity index (χ0v) is 16.1. The second kappa shape index (κ2) is 7.39. The van der Waals surface area contributed by atoms with Crippen molar-refractivity contribution in [3.05, 3.63) is 18.2 Å². The van der Waals surface area contributed by atoms with Gasteiger partial charge in [0.15, 0.2) is 5.13 Å². The first kappa shape index (κ1) is 18.3. The van der Waals surface area contributed by atoms with Gasteiger partial charge in [-0.15, -0.1) is 0 Å². The monoisotopic (exact) mass is 381 g/mol. The number of rotatable bonds is 5. The Morgan fingerprint density at radius 2 is 2.00 bits per heavy atom. The number of anilines is 1. The summed E-state index contributed by atoms with van der Waals surface area (Å²) in [4.78, 5) is 16.8. The van der Waals surface area contributed by atoms with Crippen molar-refractivity contribution in [3.63, 3.8) is 0 Å². The van der Waals surface area contributed by atoms with Gasteiger partial charge in [-0.05, 0) is 37.0 Å². The summed E-state index contributed by atoms with van der Waals surface area (Å²) in [5.74, 6) is 0.465. The maximum absolute atomic E-state index is 12.2. The molecule has 0 atom stereocenters. The highest BCUT2D eigenvalue weighted by Crippen LogP contribution is 2.30. The maximum atomic E-state index is 12.2. The molecule has 0 radical (unpaired) electrons. The summed E-state index contributed by atoms with van der Waals surface area (Å²) in [7, 11) is -0.470. The van der Waals surface area contributed by atoms with Gasteiger partial charge >= 0.3 is 0 Å². The Morgan fingerprint density at radius 1 is 1.28 bits per heavy atom. The van der Waals surface area contributed by atoms with E-state index in [1.54, 1.807) is 18.2 Å². The molecular weight excluding hydrogens is 358 g/mol. The van der Waals surface area contributed by atoms with Gasteiger partial charge in [0, 0.05) is 20.5 Å². The molecule has 0 bridgehead atoms. The van der Waals surface area contributed by atoms with E-state index in [9.17, 15) is 13.2 Å². The smallest absolute Gasteiger partial charge is 0.242 e. The van der Waals surface area contributed by atoms with Crippen molar-refractivity contribution in [2.75, 3.05) is 19.4 Å². The van der Waals surface area contributed by atoms with E-state index in [2.05, 4.69) is 10.3 Å². The molecule has 0 unspecified atom stereocenters. The molecule has 0 spiro atoms. The maximum Gasteiger partial charge on any atom is 0.242 e. The highest BCUT2D eigenvalue weighted by atomic mass is 32.2. The lowest BCUT2D eigenvalue weighted by Gasteiger charge is -2.20. The zero-order chi connectivity index (χ0) is 18.0. The molecule has 25 heavy (non-hydrogen) atoms. The summed E-state index contributed by atoms with van der Waals surface area (Å²) in [6, 6.07) is 4.84. The van der Waals surface area contributed by atoms with Crippen LogP contribution in [0, 0.1) is 5.92 Å². The number of aromatic nitrogens is 1. The van der Waals surface area contributed by atoms with E-state index in [4.69, 9.17) is 0 Å². The third kappa shape index (κ3) is 4.19. The van der Waals surface area contributed by atoms with Gasteiger partial charge in [-0.2, -0.15) is 0 Å². The number of sulfonamides is 1. The van der Waals surface area contributed by atoms with Crippen LogP contribution in [0.3, 0.4) is 0 Å². The van der Waals surface area contributed by atoms with Crippen LogP contribution in [0.15, 0.2) is 23.1 Å². The van der Waals surface area contributed by atoms with Crippen LogP contribution in [0.5, 0.6) is 0 Å². The minimum atomic E-state index is -3.48. The molecule has 0 saturated heterocycles. The number of nitrogens with one attached hydrogen (secondary N) is 1. The first-order valence-corrected chi connectivity index (χ1v) is 10.7. The summed E-state index contributed by atoms with van der Waals surface area (Å²) >= 11 is 1.30. The highest BCUT2D eigenvalue weighted by molar-refractivity contribution is 7.89. The minimum Gasteiger partial charge on any atom is -0.302 e. The molecule has 1 heterocycles. The summed E-state index contributed by atoms with van der Waals surface area (Å²) in [6.07, 6.45) is 6.48. The number of nitrogens with zero attached hydrogens (tertiary/aromatic N) is 2. The van der Waals surface area contributed by atoms with Crippen molar-refractivity contribution in [1.82, 2.24) is 9.29 Å². The second-order valence-electron chi connectivity index (χ2n) is 6.69. The second-order valence-corrected chi connectivity index (χ2v) is 9.87. The van der Waals surface area contributed by atoms with Gasteiger partial charge in [0.1, 0.15) is 0 Å². The van der Waals surface area contributed by atoms with Crippen molar-refractivity contribution >= 4 is 42.6 Å². The van der Waals surface area contributed by atoms with E-state index in [0.717, 1.165) is 17.5 Å². The van der Waals surface area contributed by atoms with Crippen LogP contribution < -0.4 is 5.32 Å². The number of fused-ring (bicyclic) bond motifs is 1. The fraction of sp³-hybridized carbons (Fsp3) is 0.529. The van der Waals surface area contributed by atoms with Gasteiger partial charge in [-0.1, -0.05) is 30.6 Å². The van der Waals surface area contributed by atoms with Crippen LogP contribution in [0.1, 0.15) is 38.5 Å². The topological polar surface area (TPSA) is 79.4 Å². The first-order valence-electron chi connectivity index (χ1n) is 8.49. The van der Waals surface area contributed by atoms with Crippen LogP contribution in [-0.2, 0) is 14.8 Å². The predicted molar refractivity (Wildman–Crippen MR) is 100 cm³/mol. The van der Waals surface area contributed by atoms with Crippen LogP contribution in [0.25, 0.3) is 10.2 Å². The first-order chi connectivity index (χ1) is 11.9. The molecule has 2 aromatic rings. The van der Waals surface area contributed by atoms with Crippen molar-refractivity contribution in [2.45, 2.75) is 43.4 Å². The zero-order valence-electron chi connectivity index (χ0n) is 14.5. The van der Waals surface area contributed by atoms with Gasteiger partial charge in [-0.3, -0.25) is 4.79 Å². The van der Waals surface area contributed by atoms with E-state index in [1.807, 2.05) is 0 Å². The van der Waals surface area contributed by atoms with E-state index >= 15 is 0 Å². The van der Waals surface area contributed by atoms with Crippen LogP contribution >= 0.6 is 11.3 Å². The quantitative estimate of drug-likeness (QED) is 0.860. The van der Waals surface area contributed by atoms with E-state index in [1.165, 1.54) is 49.0 Å². The summed E-state index contributed by atoms with van der Waals surface area (Å²) in [5, 5.41) is 3.39. The van der Waals surface area contributed by atoms with Crippen molar-refractivity contribution in [3.8, 4) is 0 Å². The van der Waals surface area contributed by atoms with Gasteiger partial charge in [0.2, 0.25) is 15.9 Å². The summed E-state index contributed by atoms with van der Waals surface area (Å²) in [6.45, 7) is 0. The average Bonchev–Trinajstić information content (AvgIpc) is 2.96. The number of benzene rings is 1. The highest BCUT2D eigenvalue weighted by Gasteiger charge is 2.20. The molecule has 8 heteroatoms. The number of hydrogen-bond donors (Lipinski definition) is 1. The van der Waals surface area contributed by atoms with Crippen LogP contribution in [0.4, 0.5) is 5.13 Å². The lowest BCUT2D eigenvalue weighted by atomic mass is 9.87. The molecular formula is C17H23N3O3S2. The molecule has 1 aliphatic carbocycles. The average molecular weight is 382 g/mol. The Labute approximate surface area is 152 Å².